The number of esters is 1. The summed E-state index contributed by atoms with van der Waals surface area (Å²) in [5.74, 6) is -0.521. The maximum absolute atomic E-state index is 12.5. The molecular weight excluding hydrogens is 318 g/mol. The lowest BCUT2D eigenvalue weighted by Gasteiger charge is -2.20. The number of rotatable bonds is 3. The third-order valence-corrected chi connectivity index (χ3v) is 4.64. The maximum Gasteiger partial charge on any atom is 0.312 e. The Labute approximate surface area is 140 Å². The highest BCUT2D eigenvalue weighted by Gasteiger charge is 2.37. The molecule has 0 spiro atoms. The molecule has 1 amide bonds. The molecule has 2 fully saturated rings. The molecule has 0 saturated carbocycles. The minimum Gasteiger partial charge on any atom is -0.460 e. The average molecular weight is 338 g/mol. The van der Waals surface area contributed by atoms with Crippen LogP contribution in [0, 0.1) is 5.92 Å². The number of likely N-dealkylation sites (tertiary alicyclic amines) is 1. The van der Waals surface area contributed by atoms with E-state index in [-0.39, 0.29) is 29.9 Å². The van der Waals surface area contributed by atoms with Crippen LogP contribution in [-0.2, 0) is 14.3 Å². The van der Waals surface area contributed by atoms with Crippen LogP contribution < -0.4 is 10.9 Å². The first-order valence-electron chi connectivity index (χ1n) is 7.74. The predicted octanol–water partition coefficient (Wildman–Crippen LogP) is 1.27. The van der Waals surface area contributed by atoms with E-state index in [4.69, 9.17) is 16.3 Å². The summed E-state index contributed by atoms with van der Waals surface area (Å²) in [4.78, 5) is 25.6. The molecule has 2 N–H and O–H groups in total. The number of nitrogens with one attached hydrogen (secondary N) is 2. The van der Waals surface area contributed by atoms with Gasteiger partial charge in [-0.05, 0) is 17.7 Å². The van der Waals surface area contributed by atoms with Crippen molar-refractivity contribution < 1.29 is 14.3 Å². The fourth-order valence-corrected chi connectivity index (χ4v) is 3.19. The quantitative estimate of drug-likeness (QED) is 0.813. The third-order valence-electron chi connectivity index (χ3n) is 4.39. The van der Waals surface area contributed by atoms with Crippen molar-refractivity contribution in [3.63, 3.8) is 0 Å². The molecule has 6 nitrogen and oxygen atoms in total. The van der Waals surface area contributed by atoms with Gasteiger partial charge < -0.3 is 9.64 Å². The number of nitrogens with zero attached hydrogens (tertiary/aromatic N) is 1. The van der Waals surface area contributed by atoms with Crippen LogP contribution in [0.15, 0.2) is 24.3 Å². The van der Waals surface area contributed by atoms with Crippen LogP contribution in [0.5, 0.6) is 0 Å². The fraction of sp³-hybridized carbons (Fsp3) is 0.500. The SMILES string of the molecule is CC(=O)N1CCC(OC(=O)C2CNNC2c2ccc(Cl)cc2)C1. The van der Waals surface area contributed by atoms with Gasteiger partial charge in [-0.15, -0.1) is 0 Å². The lowest BCUT2D eigenvalue weighted by molar-refractivity contribution is -0.154. The molecule has 124 valence electrons. The van der Waals surface area contributed by atoms with Crippen molar-refractivity contribution in [2.24, 2.45) is 5.92 Å². The summed E-state index contributed by atoms with van der Waals surface area (Å²) in [5, 5.41) is 0.661. The second-order valence-corrected chi connectivity index (χ2v) is 6.41. The number of carbonyl (C=O) groups excluding carboxylic acids is 2. The van der Waals surface area contributed by atoms with E-state index in [2.05, 4.69) is 10.9 Å². The zero-order chi connectivity index (χ0) is 16.4. The summed E-state index contributed by atoms with van der Waals surface area (Å²) in [6, 6.07) is 7.27. The Balaban J connectivity index is 1.62. The van der Waals surface area contributed by atoms with Crippen molar-refractivity contribution in [3.8, 4) is 0 Å². The number of carbonyl (C=O) groups is 2. The molecule has 2 heterocycles. The van der Waals surface area contributed by atoms with Crippen LogP contribution in [0.4, 0.5) is 0 Å². The van der Waals surface area contributed by atoms with E-state index in [0.717, 1.165) is 5.56 Å². The van der Waals surface area contributed by atoms with Gasteiger partial charge in [-0.2, -0.15) is 0 Å². The Bertz CT molecular complexity index is 593. The minimum absolute atomic E-state index is 0.0202. The van der Waals surface area contributed by atoms with E-state index in [9.17, 15) is 9.59 Å². The number of ether oxygens (including phenoxy) is 1. The fourth-order valence-electron chi connectivity index (χ4n) is 3.06. The summed E-state index contributed by atoms with van der Waals surface area (Å²) in [6.07, 6.45) is 0.489. The van der Waals surface area contributed by atoms with Crippen LogP contribution in [0.1, 0.15) is 24.9 Å². The van der Waals surface area contributed by atoms with E-state index < -0.39 is 0 Å². The van der Waals surface area contributed by atoms with Crippen molar-refractivity contribution in [3.05, 3.63) is 34.9 Å². The highest BCUT2D eigenvalue weighted by atomic mass is 35.5. The lowest BCUT2D eigenvalue weighted by atomic mass is 9.95. The molecule has 0 radical (unpaired) electrons. The van der Waals surface area contributed by atoms with Crippen molar-refractivity contribution in [1.29, 1.82) is 0 Å². The number of hydrogen-bond acceptors (Lipinski definition) is 5. The second-order valence-electron chi connectivity index (χ2n) is 5.97. The smallest absolute Gasteiger partial charge is 0.312 e. The lowest BCUT2D eigenvalue weighted by Crippen LogP contribution is -2.32. The predicted molar refractivity (Wildman–Crippen MR) is 85.6 cm³/mol. The first kappa shape index (κ1) is 16.2. The number of benzene rings is 1. The zero-order valence-electron chi connectivity index (χ0n) is 12.9. The van der Waals surface area contributed by atoms with Gasteiger partial charge in [0, 0.05) is 31.5 Å². The Kier molecular flexibility index (Phi) is 4.84. The van der Waals surface area contributed by atoms with Gasteiger partial charge in [0.05, 0.1) is 18.5 Å². The number of halogens is 1. The molecule has 1 aromatic carbocycles. The van der Waals surface area contributed by atoms with Gasteiger partial charge in [-0.1, -0.05) is 23.7 Å². The average Bonchev–Trinajstić information content (AvgIpc) is 3.16. The molecule has 3 rings (SSSR count). The van der Waals surface area contributed by atoms with Gasteiger partial charge in [-0.25, -0.2) is 5.43 Å². The highest BCUT2D eigenvalue weighted by Crippen LogP contribution is 2.28. The van der Waals surface area contributed by atoms with Gasteiger partial charge >= 0.3 is 5.97 Å². The summed E-state index contributed by atoms with van der Waals surface area (Å²) in [6.45, 7) is 3.18. The van der Waals surface area contributed by atoms with Crippen LogP contribution in [-0.4, -0.2) is 42.5 Å². The number of amides is 1. The van der Waals surface area contributed by atoms with Gasteiger partial charge in [0.25, 0.3) is 0 Å². The molecule has 3 atom stereocenters. The molecule has 7 heteroatoms. The van der Waals surface area contributed by atoms with Crippen LogP contribution >= 0.6 is 11.6 Å². The standard InChI is InChI=1S/C16H20ClN3O3/c1-10(21)20-7-6-13(9-20)23-16(22)14-8-18-19-15(14)11-2-4-12(17)5-3-11/h2-5,13-15,18-19H,6-9H2,1H3. The van der Waals surface area contributed by atoms with Crippen LogP contribution in [0.3, 0.4) is 0 Å². The summed E-state index contributed by atoms with van der Waals surface area (Å²) < 4.78 is 5.61. The molecule has 0 bridgehead atoms. The van der Waals surface area contributed by atoms with Crippen molar-refractivity contribution in [2.75, 3.05) is 19.6 Å². The molecule has 0 aromatic heterocycles. The van der Waals surface area contributed by atoms with E-state index in [0.29, 0.717) is 31.1 Å². The van der Waals surface area contributed by atoms with Gasteiger partial charge in [0.1, 0.15) is 6.10 Å². The van der Waals surface area contributed by atoms with Gasteiger partial charge in [0.15, 0.2) is 0 Å². The zero-order valence-corrected chi connectivity index (χ0v) is 13.7. The summed E-state index contributed by atoms with van der Waals surface area (Å²) in [7, 11) is 0. The van der Waals surface area contributed by atoms with Crippen LogP contribution in [0.25, 0.3) is 0 Å². The Morgan fingerprint density at radius 1 is 1.30 bits per heavy atom. The molecular formula is C16H20ClN3O3. The monoisotopic (exact) mass is 337 g/mol. The molecule has 3 unspecified atom stereocenters. The maximum atomic E-state index is 12.5. The Morgan fingerprint density at radius 3 is 2.70 bits per heavy atom. The molecule has 2 aliphatic heterocycles. The highest BCUT2D eigenvalue weighted by molar-refractivity contribution is 6.30. The van der Waals surface area contributed by atoms with Gasteiger partial charge in [0.2, 0.25) is 5.91 Å². The molecule has 0 aliphatic carbocycles. The van der Waals surface area contributed by atoms with Crippen molar-refractivity contribution in [2.45, 2.75) is 25.5 Å². The Morgan fingerprint density at radius 2 is 2.04 bits per heavy atom. The van der Waals surface area contributed by atoms with Crippen molar-refractivity contribution in [1.82, 2.24) is 15.8 Å². The number of hydrazine groups is 1. The first-order valence-corrected chi connectivity index (χ1v) is 8.12. The first-order chi connectivity index (χ1) is 11.0. The largest absolute Gasteiger partial charge is 0.460 e. The number of hydrogen-bond donors (Lipinski definition) is 2. The van der Waals surface area contributed by atoms with E-state index in [1.165, 1.54) is 6.92 Å². The van der Waals surface area contributed by atoms with Crippen LogP contribution in [0.2, 0.25) is 5.02 Å². The molecule has 1 aromatic rings. The Hall–Kier alpha value is -1.63. The van der Waals surface area contributed by atoms with Crippen molar-refractivity contribution >= 4 is 23.5 Å². The van der Waals surface area contributed by atoms with E-state index in [1.54, 1.807) is 17.0 Å². The summed E-state index contributed by atoms with van der Waals surface area (Å²) >= 11 is 5.91. The minimum atomic E-state index is -0.303. The molecule has 2 aliphatic rings. The van der Waals surface area contributed by atoms with Gasteiger partial charge in [-0.3, -0.25) is 15.0 Å². The topological polar surface area (TPSA) is 70.7 Å². The molecule has 2 saturated heterocycles. The van der Waals surface area contributed by atoms with E-state index >= 15 is 0 Å². The third kappa shape index (κ3) is 3.65. The normalized spacial score (nSPS) is 27.2. The summed E-state index contributed by atoms with van der Waals surface area (Å²) in [5.41, 5.74) is 7.12. The van der Waals surface area contributed by atoms with E-state index in [1.807, 2.05) is 12.1 Å². The molecule has 23 heavy (non-hydrogen) atoms. The second kappa shape index (κ2) is 6.86.